The number of hydrogen-bond donors (Lipinski definition) is 8. The number of allylic oxidation sites excluding steroid dienone is 6. The van der Waals surface area contributed by atoms with E-state index in [1.165, 1.54) is 57.2 Å². The topological polar surface area (TPSA) is 434 Å². The Bertz CT molecular complexity index is 4320. The molecule has 6 atom stereocenters. The number of esters is 2. The molecule has 3 aliphatic rings. The SMILES string of the molecule is CC(=O)OCCC(C)(C)SSCOCCCCOC(=O)CCC#Cc1cn([C@H]2C[C@H](OCS(C)=S)[C@@H](COP(=O)(O)OP(=O)(O)OP(=O)(O)O)O2)c2nc(N)[nH]c(=O)c12.CCN1\C(=C/C=C/C=C/C2=[N+](CCCCCC(=O)NCCOCCOCCNC)c3ccc(C)cc3C2(C)C)C(C)(C)c2ccccc21.O=S(=O)=O. The summed E-state index contributed by atoms with van der Waals surface area (Å²) in [5.41, 5.74) is 14.7. The number of likely N-dealkylation sites (N-methyl/N-ethyl adjacent to an activating group) is 2. The number of unbranched alkanes of at least 4 members (excludes halogenated alkanes) is 3. The molecule has 2 aromatic heterocycles. The average Bonchev–Trinajstić information content (AvgIpc) is 1.60. The minimum atomic E-state index is -5.76. The fraction of sp³-hybridized carbons (Fsp3) is 0.577. The molecule has 0 bridgehead atoms. The van der Waals surface area contributed by atoms with E-state index in [0.29, 0.717) is 77.8 Å². The number of aryl methyl sites for hydroxylation is 1. The molecule has 0 aliphatic carbocycles. The van der Waals surface area contributed by atoms with Gasteiger partial charge in [0.1, 0.15) is 24.8 Å². The number of carbonyl (C=O) groups excluding carboxylic acids is 3. The number of nitrogens with zero attached hydrogens (tertiary/aromatic N) is 4. The van der Waals surface area contributed by atoms with E-state index in [1.807, 2.05) is 7.05 Å². The van der Waals surface area contributed by atoms with Crippen LogP contribution < -0.4 is 26.8 Å². The van der Waals surface area contributed by atoms with Gasteiger partial charge in [-0.25, -0.2) is 13.7 Å². The van der Waals surface area contributed by atoms with Crippen LogP contribution in [0, 0.1) is 18.8 Å². The summed E-state index contributed by atoms with van der Waals surface area (Å²) < 4.78 is 115. The van der Waals surface area contributed by atoms with Crippen molar-refractivity contribution >= 4 is 128 Å². The Hall–Kier alpha value is -5.62. The average molecular weight is 1710 g/mol. The molecule has 0 spiro atoms. The molecule has 0 saturated carbocycles. The van der Waals surface area contributed by atoms with Gasteiger partial charge in [0, 0.05) is 104 Å². The molecule has 1 amide bonds. The predicted molar refractivity (Wildman–Crippen MR) is 431 cm³/mol. The van der Waals surface area contributed by atoms with Gasteiger partial charge < -0.3 is 78.6 Å². The third-order valence-electron chi connectivity index (χ3n) is 17.1. The van der Waals surface area contributed by atoms with E-state index in [1.54, 1.807) is 27.8 Å². The monoisotopic (exact) mass is 1710 g/mol. The summed E-state index contributed by atoms with van der Waals surface area (Å²) in [5, 5.41) is 6.07. The van der Waals surface area contributed by atoms with Crippen LogP contribution in [0.2, 0.25) is 0 Å². The van der Waals surface area contributed by atoms with E-state index >= 15 is 0 Å². The predicted octanol–water partition coefficient (Wildman–Crippen LogP) is 9.64. The van der Waals surface area contributed by atoms with Gasteiger partial charge in [0.05, 0.1) is 81.1 Å². The van der Waals surface area contributed by atoms with Crippen LogP contribution in [0.25, 0.3) is 11.0 Å². The number of phosphoric ester groups is 1. The maximum atomic E-state index is 13.0. The number of nitrogens with two attached hydrogens (primary N) is 1. The third-order valence-corrected chi connectivity index (χ3v) is 24.7. The summed E-state index contributed by atoms with van der Waals surface area (Å²) in [6.07, 6.45) is 16.8. The van der Waals surface area contributed by atoms with E-state index in [9.17, 15) is 42.7 Å². The number of nitrogens with one attached hydrogen (secondary N) is 3. The van der Waals surface area contributed by atoms with Crippen LogP contribution in [0.1, 0.15) is 148 Å². The lowest BCUT2D eigenvalue weighted by Gasteiger charge is -2.25. The number of para-hydroxylation sites is 1. The highest BCUT2D eigenvalue weighted by Gasteiger charge is 2.46. The summed E-state index contributed by atoms with van der Waals surface area (Å²) in [7, 11) is -15.5. The second kappa shape index (κ2) is 46.8. The van der Waals surface area contributed by atoms with E-state index in [2.05, 4.69) is 179 Å². The van der Waals surface area contributed by atoms with Crippen molar-refractivity contribution in [1.82, 2.24) is 25.2 Å². The van der Waals surface area contributed by atoms with Crippen molar-refractivity contribution in [3.63, 3.8) is 0 Å². The molecule has 3 unspecified atom stereocenters. The van der Waals surface area contributed by atoms with Crippen molar-refractivity contribution in [3.8, 4) is 11.8 Å². The van der Waals surface area contributed by atoms with E-state index in [-0.39, 0.29) is 81.8 Å². The Kier molecular flexibility index (Phi) is 40.5. The number of carbonyl (C=O) groups is 3. The Morgan fingerprint density at radius 1 is 0.883 bits per heavy atom. The van der Waals surface area contributed by atoms with Crippen molar-refractivity contribution in [3.05, 3.63) is 117 Å². The molecule has 7 rings (SSSR count). The first-order chi connectivity index (χ1) is 52.3. The normalized spacial score (nSPS) is 18.1. The molecule has 9 N–H and O–H groups in total. The van der Waals surface area contributed by atoms with Gasteiger partial charge in [-0.3, -0.25) is 28.7 Å². The highest BCUT2D eigenvalue weighted by molar-refractivity contribution is 8.77. The zero-order valence-electron chi connectivity index (χ0n) is 64.4. The molecular formula is C71H106N8O24P3S5+. The molecule has 3 aliphatic heterocycles. The summed E-state index contributed by atoms with van der Waals surface area (Å²) in [4.78, 5) is 94.7. The third kappa shape index (κ3) is 33.3. The number of phosphoric acid groups is 3. The number of aromatic nitrogens is 3. The van der Waals surface area contributed by atoms with E-state index in [4.69, 9.17) is 77.0 Å². The quantitative estimate of drug-likeness (QED) is 0.00298. The standard InChI is InChI=1S/C41H58N4O3.C30H47N4O18P3S4.O3S/c1-8-44-35-18-15-14-17-33(35)40(3,4)37(44)19-11-9-12-20-38-41(5,6)34-31-32(2)22-23-36(34)45(38)26-16-10-13-21-39(46)43-25-28-48-30-29-47-27-24-42-7;1-20(35)46-14-11-30(2,3)58-57-18-45-12-7-8-13-47-25(36)10-6-5-9-21-16-34(27-26(21)28(37)33-29(31)32-27)24-15-22(48-19-59(4)56)23(50-24)17-49-54(41,42)52-55(43,44)51-53(38,39)40;1-4(2)3/h9,11-12,14-15,17-20,22-23,31,42H,8,10,13,16,21,24-30H2,1-7H3;16,22-24H,6-8,10-15,17-19H2,1-4H3,(H,41,42)(H,43,44)(H2,38,39,40)(H3,31,32,33,37);/p+1/t;22-,23+,24+,59?;/m.0./s1. The number of rotatable bonds is 44. The van der Waals surface area contributed by atoms with E-state index < -0.39 is 80.1 Å². The summed E-state index contributed by atoms with van der Waals surface area (Å²) in [6.45, 7) is 25.0. The fourth-order valence-corrected chi connectivity index (χ4v) is 17.8. The number of amides is 1. The molecule has 618 valence electrons. The maximum absolute atomic E-state index is 13.0. The molecule has 0 radical (unpaired) electrons. The number of hydrogen-bond acceptors (Lipinski definition) is 27. The zero-order valence-corrected chi connectivity index (χ0v) is 71.2. The first-order valence-electron chi connectivity index (χ1n) is 35.8. The van der Waals surface area contributed by atoms with Gasteiger partial charge in [0.2, 0.25) is 17.5 Å². The van der Waals surface area contributed by atoms with Crippen LogP contribution in [0.4, 0.5) is 17.3 Å². The second-order valence-electron chi connectivity index (χ2n) is 27.1. The molecule has 1 fully saturated rings. The first kappa shape index (κ1) is 96.0. The van der Waals surface area contributed by atoms with Crippen LogP contribution in [0.3, 0.4) is 0 Å². The van der Waals surface area contributed by atoms with Crippen LogP contribution in [0.15, 0.2) is 89.5 Å². The molecule has 5 heterocycles. The largest absolute Gasteiger partial charge is 0.490 e. The van der Waals surface area contributed by atoms with E-state index in [0.717, 1.165) is 38.9 Å². The number of anilines is 2. The summed E-state index contributed by atoms with van der Waals surface area (Å²) >= 11 is 5.20. The van der Waals surface area contributed by atoms with Crippen LogP contribution >= 0.6 is 45.1 Å². The van der Waals surface area contributed by atoms with Gasteiger partial charge in [-0.05, 0) is 122 Å². The lowest BCUT2D eigenvalue weighted by molar-refractivity contribution is -0.438. The molecule has 4 aromatic rings. The number of aromatic amines is 1. The summed E-state index contributed by atoms with van der Waals surface area (Å²) in [5.74, 6) is 5.38. The highest BCUT2D eigenvalue weighted by atomic mass is 33.1. The minimum Gasteiger partial charge on any atom is -0.466 e. The van der Waals surface area contributed by atoms with Gasteiger partial charge >= 0.3 is 46.0 Å². The highest BCUT2D eigenvalue weighted by Crippen LogP contribution is 2.66. The number of fused-ring (bicyclic) bond motifs is 3. The lowest BCUT2D eigenvalue weighted by atomic mass is 9.81. The zero-order chi connectivity index (χ0) is 82.2. The molecule has 111 heavy (non-hydrogen) atoms. The molecule has 32 nitrogen and oxygen atoms in total. The number of benzene rings is 2. The maximum Gasteiger partial charge on any atom is 0.490 e. The van der Waals surface area contributed by atoms with Crippen LogP contribution in [-0.2, 0) is 116 Å². The van der Waals surface area contributed by atoms with Gasteiger partial charge in [0.25, 0.3) is 5.56 Å². The second-order valence-corrected chi connectivity index (χ2v) is 38.0. The van der Waals surface area contributed by atoms with Gasteiger partial charge in [-0.2, -0.15) is 18.2 Å². The Morgan fingerprint density at radius 3 is 2.27 bits per heavy atom. The molecule has 1 saturated heterocycles. The molecular weight excluding hydrogens is 1600 g/mol. The Labute approximate surface area is 665 Å². The van der Waals surface area contributed by atoms with Crippen molar-refractivity contribution in [2.24, 2.45) is 0 Å². The fourth-order valence-electron chi connectivity index (χ4n) is 11.9. The van der Waals surface area contributed by atoms with Crippen molar-refractivity contribution in [2.75, 3.05) is 115 Å². The number of nitrogen functional groups attached to an aromatic ring is 1. The first-order valence-corrected chi connectivity index (χ1v) is 46.3. The van der Waals surface area contributed by atoms with Crippen molar-refractivity contribution in [1.29, 1.82) is 0 Å². The minimum absolute atomic E-state index is 0.0191. The Morgan fingerprint density at radius 2 is 1.59 bits per heavy atom. The van der Waals surface area contributed by atoms with Crippen LogP contribution in [-0.4, -0.2) is 196 Å². The Balaban J connectivity index is 0.000000385. The molecule has 40 heteroatoms. The number of ether oxygens (including phenoxy) is 7. The smallest absolute Gasteiger partial charge is 0.466 e. The van der Waals surface area contributed by atoms with Crippen molar-refractivity contribution in [2.45, 2.75) is 161 Å². The lowest BCUT2D eigenvalue weighted by Crippen LogP contribution is -2.29. The number of H-pyrrole nitrogens is 1. The van der Waals surface area contributed by atoms with Gasteiger partial charge in [-0.1, -0.05) is 105 Å². The van der Waals surface area contributed by atoms with Gasteiger partial charge in [0.15, 0.2) is 11.4 Å². The van der Waals surface area contributed by atoms with Crippen LogP contribution in [0.5, 0.6) is 0 Å². The van der Waals surface area contributed by atoms with Gasteiger partial charge in [-0.15, -0.1) is 12.6 Å². The summed E-state index contributed by atoms with van der Waals surface area (Å²) in [6, 6.07) is 15.6. The molecule has 2 aromatic carbocycles. The van der Waals surface area contributed by atoms with Crippen molar-refractivity contribution < 1.29 is 111 Å².